The number of carbonyl (C=O) groups is 2. The molecule has 0 saturated carbocycles. The fourth-order valence-corrected chi connectivity index (χ4v) is 2.72. The third-order valence-electron chi connectivity index (χ3n) is 3.95. The van der Waals surface area contributed by atoms with Crippen LogP contribution in [0.4, 0.5) is 0 Å². The van der Waals surface area contributed by atoms with Crippen LogP contribution in [0.25, 0.3) is 0 Å². The standard InChI is InChI=1S/C16H20O8/c1-8-4-3-5-10(6-8)24-16(12(19)9(2)18)13(20)11(7-17)23-15(22)14(16)21/h3-6,11,13-15,17,20-22H,7H2,1-2H3/t11-,13-,14+,15?,16+/m1/s1. The van der Waals surface area contributed by atoms with E-state index in [4.69, 9.17) is 9.47 Å². The van der Waals surface area contributed by atoms with Crippen molar-refractivity contribution >= 4 is 11.6 Å². The van der Waals surface area contributed by atoms with Crippen LogP contribution in [0.1, 0.15) is 12.5 Å². The van der Waals surface area contributed by atoms with Crippen molar-refractivity contribution in [3.05, 3.63) is 29.8 Å². The molecule has 1 aliphatic rings. The van der Waals surface area contributed by atoms with Gasteiger partial charge < -0.3 is 29.9 Å². The first-order chi connectivity index (χ1) is 11.2. The van der Waals surface area contributed by atoms with Crippen molar-refractivity contribution in [3.63, 3.8) is 0 Å². The summed E-state index contributed by atoms with van der Waals surface area (Å²) in [5.74, 6) is -2.11. The molecule has 0 amide bonds. The summed E-state index contributed by atoms with van der Waals surface area (Å²) < 4.78 is 10.4. The van der Waals surface area contributed by atoms with Crippen LogP contribution in [0.5, 0.6) is 5.75 Å². The molecule has 1 aromatic carbocycles. The van der Waals surface area contributed by atoms with E-state index in [1.54, 1.807) is 19.1 Å². The maximum Gasteiger partial charge on any atom is 0.247 e. The second-order valence-corrected chi connectivity index (χ2v) is 5.73. The van der Waals surface area contributed by atoms with E-state index in [1.807, 2.05) is 0 Å². The molecule has 1 heterocycles. The van der Waals surface area contributed by atoms with Gasteiger partial charge in [0.15, 0.2) is 18.2 Å². The van der Waals surface area contributed by atoms with Gasteiger partial charge in [-0.1, -0.05) is 12.1 Å². The molecule has 4 N–H and O–H groups in total. The highest BCUT2D eigenvalue weighted by molar-refractivity contribution is 6.39. The van der Waals surface area contributed by atoms with Crippen LogP contribution in [0.3, 0.4) is 0 Å². The average molecular weight is 340 g/mol. The average Bonchev–Trinajstić information content (AvgIpc) is 2.54. The first-order valence-corrected chi connectivity index (χ1v) is 7.35. The van der Waals surface area contributed by atoms with Crippen molar-refractivity contribution in [2.45, 2.75) is 44.1 Å². The second-order valence-electron chi connectivity index (χ2n) is 5.73. The molecule has 0 spiro atoms. The van der Waals surface area contributed by atoms with Gasteiger partial charge >= 0.3 is 0 Å². The molecule has 2 rings (SSSR count). The van der Waals surface area contributed by atoms with E-state index < -0.39 is 48.4 Å². The van der Waals surface area contributed by atoms with Gasteiger partial charge in [-0.2, -0.15) is 0 Å². The fraction of sp³-hybridized carbons (Fsp3) is 0.500. The molecule has 1 saturated heterocycles. The number of aliphatic hydroxyl groups excluding tert-OH is 4. The van der Waals surface area contributed by atoms with Crippen LogP contribution in [0.15, 0.2) is 24.3 Å². The van der Waals surface area contributed by atoms with Crippen molar-refractivity contribution in [2.24, 2.45) is 0 Å². The van der Waals surface area contributed by atoms with Gasteiger partial charge in [0.25, 0.3) is 0 Å². The Hall–Kier alpha value is -1.84. The van der Waals surface area contributed by atoms with E-state index in [9.17, 15) is 30.0 Å². The number of benzene rings is 1. The lowest BCUT2D eigenvalue weighted by atomic mass is 9.79. The number of rotatable bonds is 5. The maximum atomic E-state index is 12.5. The molecule has 0 aromatic heterocycles. The molecule has 132 valence electrons. The molecule has 5 atom stereocenters. The van der Waals surface area contributed by atoms with Gasteiger partial charge in [0.05, 0.1) is 6.61 Å². The summed E-state index contributed by atoms with van der Waals surface area (Å²) in [6.07, 6.45) is -7.26. The molecular formula is C16H20O8. The predicted molar refractivity (Wildman–Crippen MR) is 80.2 cm³/mol. The summed E-state index contributed by atoms with van der Waals surface area (Å²) in [6, 6.07) is 6.38. The molecule has 0 radical (unpaired) electrons. The number of hydrogen-bond donors (Lipinski definition) is 4. The number of hydrogen-bond acceptors (Lipinski definition) is 8. The van der Waals surface area contributed by atoms with Crippen LogP contribution >= 0.6 is 0 Å². The molecule has 8 heteroatoms. The zero-order valence-electron chi connectivity index (χ0n) is 13.2. The monoisotopic (exact) mass is 340 g/mol. The number of Topliss-reactive ketones (excluding diaryl/α,β-unsaturated/α-hetero) is 2. The topological polar surface area (TPSA) is 134 Å². The summed E-state index contributed by atoms with van der Waals surface area (Å²) in [7, 11) is 0. The van der Waals surface area contributed by atoms with Gasteiger partial charge in [0.1, 0.15) is 18.0 Å². The van der Waals surface area contributed by atoms with Crippen LogP contribution in [-0.4, -0.2) is 68.8 Å². The summed E-state index contributed by atoms with van der Waals surface area (Å²) >= 11 is 0. The van der Waals surface area contributed by atoms with E-state index in [0.29, 0.717) is 0 Å². The van der Waals surface area contributed by atoms with Crippen molar-refractivity contribution in [1.29, 1.82) is 0 Å². The number of ether oxygens (including phenoxy) is 2. The van der Waals surface area contributed by atoms with Gasteiger partial charge in [-0.25, -0.2) is 0 Å². The molecule has 0 bridgehead atoms. The Bertz CT molecular complexity index is 630. The molecule has 0 aliphatic carbocycles. The third kappa shape index (κ3) is 3.06. The largest absolute Gasteiger partial charge is 0.473 e. The summed E-state index contributed by atoms with van der Waals surface area (Å²) in [6.45, 7) is 1.96. The Morgan fingerprint density at radius 3 is 2.46 bits per heavy atom. The maximum absolute atomic E-state index is 12.5. The van der Waals surface area contributed by atoms with Gasteiger partial charge in [-0.15, -0.1) is 0 Å². The van der Waals surface area contributed by atoms with Crippen molar-refractivity contribution in [1.82, 2.24) is 0 Å². The first kappa shape index (κ1) is 18.5. The van der Waals surface area contributed by atoms with Crippen molar-refractivity contribution in [2.75, 3.05) is 6.61 Å². The molecule has 8 nitrogen and oxygen atoms in total. The summed E-state index contributed by atoms with van der Waals surface area (Å²) in [5.41, 5.74) is -1.72. The zero-order chi connectivity index (χ0) is 18.1. The van der Waals surface area contributed by atoms with E-state index in [1.165, 1.54) is 12.1 Å². The number of ketones is 2. The normalized spacial score (nSPS) is 33.1. The minimum absolute atomic E-state index is 0.105. The number of carbonyl (C=O) groups excluding carboxylic acids is 2. The Morgan fingerprint density at radius 2 is 1.92 bits per heavy atom. The van der Waals surface area contributed by atoms with Gasteiger partial charge in [-0.05, 0) is 24.6 Å². The lowest BCUT2D eigenvalue weighted by Crippen LogP contribution is -2.74. The molecule has 1 aromatic rings. The lowest BCUT2D eigenvalue weighted by molar-refractivity contribution is -0.304. The highest BCUT2D eigenvalue weighted by Crippen LogP contribution is 2.35. The summed E-state index contributed by atoms with van der Waals surface area (Å²) in [4.78, 5) is 24.2. The molecular weight excluding hydrogens is 320 g/mol. The first-order valence-electron chi connectivity index (χ1n) is 7.35. The summed E-state index contributed by atoms with van der Waals surface area (Å²) in [5, 5.41) is 39.9. The molecule has 1 fully saturated rings. The molecule has 24 heavy (non-hydrogen) atoms. The number of aryl methyl sites for hydroxylation is 1. The van der Waals surface area contributed by atoms with Crippen LogP contribution in [0, 0.1) is 6.92 Å². The minimum atomic E-state index is -2.50. The Kier molecular flexibility index (Phi) is 5.36. The van der Waals surface area contributed by atoms with E-state index >= 15 is 0 Å². The van der Waals surface area contributed by atoms with Crippen LogP contribution < -0.4 is 4.74 Å². The third-order valence-corrected chi connectivity index (χ3v) is 3.95. The van der Waals surface area contributed by atoms with E-state index in [0.717, 1.165) is 12.5 Å². The van der Waals surface area contributed by atoms with Crippen LogP contribution in [0.2, 0.25) is 0 Å². The molecule has 1 unspecified atom stereocenters. The highest BCUT2D eigenvalue weighted by atomic mass is 16.7. The Morgan fingerprint density at radius 1 is 1.25 bits per heavy atom. The lowest BCUT2D eigenvalue weighted by Gasteiger charge is -2.47. The second kappa shape index (κ2) is 6.96. The van der Waals surface area contributed by atoms with Crippen molar-refractivity contribution in [3.8, 4) is 5.75 Å². The molecule has 1 aliphatic heterocycles. The number of aliphatic hydroxyl groups is 4. The van der Waals surface area contributed by atoms with Gasteiger partial charge in [0.2, 0.25) is 11.4 Å². The SMILES string of the molecule is CC(=O)C(=O)[C@]1(Oc2cccc(C)c2)[C@H](O)[C@@H](CO)OC(O)[C@@H]1O. The zero-order valence-corrected chi connectivity index (χ0v) is 13.2. The Balaban J connectivity index is 2.56. The van der Waals surface area contributed by atoms with E-state index in [-0.39, 0.29) is 5.75 Å². The van der Waals surface area contributed by atoms with Gasteiger partial charge in [0, 0.05) is 6.92 Å². The smallest absolute Gasteiger partial charge is 0.247 e. The quantitative estimate of drug-likeness (QED) is 0.486. The van der Waals surface area contributed by atoms with Gasteiger partial charge in [-0.3, -0.25) is 9.59 Å². The van der Waals surface area contributed by atoms with E-state index in [2.05, 4.69) is 0 Å². The Labute approximate surface area is 138 Å². The van der Waals surface area contributed by atoms with Crippen LogP contribution in [-0.2, 0) is 14.3 Å². The predicted octanol–water partition coefficient (Wildman–Crippen LogP) is -1.30. The van der Waals surface area contributed by atoms with Crippen molar-refractivity contribution < 1.29 is 39.5 Å². The fourth-order valence-electron chi connectivity index (χ4n) is 2.72. The highest BCUT2D eigenvalue weighted by Gasteiger charge is 2.63. The minimum Gasteiger partial charge on any atom is -0.473 e.